The molecule has 0 saturated heterocycles. The Morgan fingerprint density at radius 2 is 1.77 bits per heavy atom. The van der Waals surface area contributed by atoms with Crippen LogP contribution in [0, 0.1) is 13.8 Å². The second kappa shape index (κ2) is 7.44. The van der Waals surface area contributed by atoms with Gasteiger partial charge in [0.25, 0.3) is 0 Å². The van der Waals surface area contributed by atoms with E-state index in [0.29, 0.717) is 23.5 Å². The predicted molar refractivity (Wildman–Crippen MR) is 98.9 cm³/mol. The Morgan fingerprint density at radius 3 is 2.50 bits per heavy atom. The van der Waals surface area contributed by atoms with Crippen LogP contribution in [0.15, 0.2) is 51.7 Å². The van der Waals surface area contributed by atoms with E-state index in [4.69, 9.17) is 13.9 Å². The average Bonchev–Trinajstić information content (AvgIpc) is 2.61. The van der Waals surface area contributed by atoms with E-state index in [1.807, 2.05) is 39.0 Å². The summed E-state index contributed by atoms with van der Waals surface area (Å²) >= 11 is 0. The van der Waals surface area contributed by atoms with Crippen LogP contribution in [0.5, 0.6) is 11.5 Å². The van der Waals surface area contributed by atoms with Crippen molar-refractivity contribution in [3.05, 3.63) is 69.6 Å². The third kappa shape index (κ3) is 3.94. The molecule has 0 aliphatic heterocycles. The van der Waals surface area contributed by atoms with Crippen LogP contribution in [-0.4, -0.2) is 12.6 Å². The summed E-state index contributed by atoms with van der Waals surface area (Å²) < 4.78 is 16.0. The standard InChI is InChI=1S/C21H20O5/c1-4-15-10-20(22)26-19-11-17(7-8-18(15)19)25-21(23)12-24-16-6-5-13(2)14(3)9-16/h5-11H,4,12H2,1-3H3. The molecule has 0 bridgehead atoms. The maximum atomic E-state index is 12.0. The van der Waals surface area contributed by atoms with E-state index in [9.17, 15) is 9.59 Å². The Bertz CT molecular complexity index is 1020. The second-order valence-corrected chi connectivity index (χ2v) is 6.11. The fraction of sp³-hybridized carbons (Fsp3) is 0.238. The van der Waals surface area contributed by atoms with Crippen LogP contribution < -0.4 is 15.1 Å². The molecule has 134 valence electrons. The van der Waals surface area contributed by atoms with E-state index in [-0.39, 0.29) is 6.61 Å². The van der Waals surface area contributed by atoms with E-state index in [1.54, 1.807) is 18.2 Å². The minimum Gasteiger partial charge on any atom is -0.482 e. The first-order valence-corrected chi connectivity index (χ1v) is 8.44. The van der Waals surface area contributed by atoms with Crippen LogP contribution in [0.4, 0.5) is 0 Å². The number of aryl methyl sites for hydroxylation is 3. The van der Waals surface area contributed by atoms with Crippen LogP contribution in [0.25, 0.3) is 11.0 Å². The fourth-order valence-corrected chi connectivity index (χ4v) is 2.67. The Morgan fingerprint density at radius 1 is 1.00 bits per heavy atom. The Labute approximate surface area is 151 Å². The number of hydrogen-bond acceptors (Lipinski definition) is 5. The zero-order chi connectivity index (χ0) is 18.7. The quantitative estimate of drug-likeness (QED) is 0.395. The maximum Gasteiger partial charge on any atom is 0.349 e. The molecule has 0 spiro atoms. The summed E-state index contributed by atoms with van der Waals surface area (Å²) in [5.41, 5.74) is 3.12. The van der Waals surface area contributed by atoms with Crippen LogP contribution in [-0.2, 0) is 11.2 Å². The molecule has 5 nitrogen and oxygen atoms in total. The average molecular weight is 352 g/mol. The number of fused-ring (bicyclic) bond motifs is 1. The topological polar surface area (TPSA) is 65.7 Å². The summed E-state index contributed by atoms with van der Waals surface area (Å²) in [7, 11) is 0. The van der Waals surface area contributed by atoms with Crippen molar-refractivity contribution in [3.63, 3.8) is 0 Å². The molecule has 0 N–H and O–H groups in total. The van der Waals surface area contributed by atoms with Gasteiger partial charge in [-0.15, -0.1) is 0 Å². The molecule has 0 amide bonds. The van der Waals surface area contributed by atoms with Gasteiger partial charge in [0.1, 0.15) is 17.1 Å². The van der Waals surface area contributed by atoms with Crippen molar-refractivity contribution in [2.45, 2.75) is 27.2 Å². The molecule has 3 rings (SSSR count). The lowest BCUT2D eigenvalue weighted by Gasteiger charge is -2.09. The molecule has 0 radical (unpaired) electrons. The first-order valence-electron chi connectivity index (χ1n) is 8.44. The van der Waals surface area contributed by atoms with E-state index >= 15 is 0 Å². The van der Waals surface area contributed by atoms with E-state index in [0.717, 1.165) is 22.1 Å². The zero-order valence-corrected chi connectivity index (χ0v) is 15.0. The van der Waals surface area contributed by atoms with Crippen molar-refractivity contribution in [3.8, 4) is 11.5 Å². The minimum absolute atomic E-state index is 0.209. The first kappa shape index (κ1) is 17.7. The number of benzene rings is 2. The summed E-state index contributed by atoms with van der Waals surface area (Å²) in [6.45, 7) is 5.75. The van der Waals surface area contributed by atoms with E-state index < -0.39 is 11.6 Å². The third-order valence-corrected chi connectivity index (χ3v) is 4.25. The molecule has 3 aromatic rings. The normalized spacial score (nSPS) is 10.7. The SMILES string of the molecule is CCc1cc(=O)oc2cc(OC(=O)COc3ccc(C)c(C)c3)ccc12. The molecule has 0 aliphatic rings. The molecule has 0 atom stereocenters. The zero-order valence-electron chi connectivity index (χ0n) is 15.0. The summed E-state index contributed by atoms with van der Waals surface area (Å²) in [5.74, 6) is 0.390. The number of ether oxygens (including phenoxy) is 2. The molecule has 0 saturated carbocycles. The Balaban J connectivity index is 1.70. The van der Waals surface area contributed by atoms with Crippen LogP contribution >= 0.6 is 0 Å². The van der Waals surface area contributed by atoms with Gasteiger partial charge in [0.2, 0.25) is 0 Å². The first-order chi connectivity index (χ1) is 12.5. The Kier molecular flexibility index (Phi) is 5.07. The molecule has 0 unspecified atom stereocenters. The number of esters is 1. The Hall–Kier alpha value is -3.08. The van der Waals surface area contributed by atoms with Gasteiger partial charge in [0.15, 0.2) is 6.61 Å². The monoisotopic (exact) mass is 352 g/mol. The summed E-state index contributed by atoms with van der Waals surface area (Å²) in [6.07, 6.45) is 0.713. The molecule has 0 fully saturated rings. The molecule has 0 aliphatic carbocycles. The highest BCUT2D eigenvalue weighted by Gasteiger charge is 2.10. The molecule has 26 heavy (non-hydrogen) atoms. The van der Waals surface area contributed by atoms with Gasteiger partial charge < -0.3 is 13.9 Å². The number of hydrogen-bond donors (Lipinski definition) is 0. The highest BCUT2D eigenvalue weighted by Crippen LogP contribution is 2.23. The summed E-state index contributed by atoms with van der Waals surface area (Å²) in [4.78, 5) is 23.6. The van der Waals surface area contributed by atoms with Crippen LogP contribution in [0.2, 0.25) is 0 Å². The molecule has 1 aromatic heterocycles. The van der Waals surface area contributed by atoms with Gasteiger partial charge in [0, 0.05) is 17.5 Å². The third-order valence-electron chi connectivity index (χ3n) is 4.25. The summed E-state index contributed by atoms with van der Waals surface area (Å²) in [5, 5.41) is 0.832. The van der Waals surface area contributed by atoms with Crippen LogP contribution in [0.1, 0.15) is 23.6 Å². The van der Waals surface area contributed by atoms with E-state index in [2.05, 4.69) is 0 Å². The van der Waals surface area contributed by atoms with Crippen molar-refractivity contribution in [1.29, 1.82) is 0 Å². The largest absolute Gasteiger partial charge is 0.482 e. The van der Waals surface area contributed by atoms with E-state index in [1.165, 1.54) is 6.07 Å². The minimum atomic E-state index is -0.531. The number of rotatable bonds is 5. The summed E-state index contributed by atoms with van der Waals surface area (Å²) in [6, 6.07) is 12.1. The molecular formula is C21H20O5. The lowest BCUT2D eigenvalue weighted by Crippen LogP contribution is -2.17. The van der Waals surface area contributed by atoms with Gasteiger partial charge in [-0.1, -0.05) is 13.0 Å². The highest BCUT2D eigenvalue weighted by atomic mass is 16.6. The van der Waals surface area contributed by atoms with Crippen LogP contribution in [0.3, 0.4) is 0 Å². The maximum absolute atomic E-state index is 12.0. The lowest BCUT2D eigenvalue weighted by atomic mass is 10.1. The second-order valence-electron chi connectivity index (χ2n) is 6.11. The molecule has 1 heterocycles. The van der Waals surface area contributed by atoms with Gasteiger partial charge in [-0.2, -0.15) is 0 Å². The van der Waals surface area contributed by atoms with Crippen molar-refractivity contribution >= 4 is 16.9 Å². The lowest BCUT2D eigenvalue weighted by molar-refractivity contribution is -0.136. The van der Waals surface area contributed by atoms with Gasteiger partial charge in [0.05, 0.1) is 0 Å². The van der Waals surface area contributed by atoms with Crippen molar-refractivity contribution < 1.29 is 18.7 Å². The fourth-order valence-electron chi connectivity index (χ4n) is 2.67. The molecule has 5 heteroatoms. The van der Waals surface area contributed by atoms with Gasteiger partial charge in [-0.3, -0.25) is 0 Å². The number of carbonyl (C=O) groups is 1. The van der Waals surface area contributed by atoms with Gasteiger partial charge in [-0.25, -0.2) is 9.59 Å². The predicted octanol–water partition coefficient (Wildman–Crippen LogP) is 3.96. The van der Waals surface area contributed by atoms with Crippen molar-refractivity contribution in [2.24, 2.45) is 0 Å². The highest BCUT2D eigenvalue weighted by molar-refractivity contribution is 5.83. The molecule has 2 aromatic carbocycles. The smallest absolute Gasteiger partial charge is 0.349 e. The molecular weight excluding hydrogens is 332 g/mol. The van der Waals surface area contributed by atoms with Gasteiger partial charge >= 0.3 is 11.6 Å². The van der Waals surface area contributed by atoms with Crippen molar-refractivity contribution in [2.75, 3.05) is 6.61 Å². The van der Waals surface area contributed by atoms with Crippen molar-refractivity contribution in [1.82, 2.24) is 0 Å². The number of carbonyl (C=O) groups excluding carboxylic acids is 1. The van der Waals surface area contributed by atoms with Gasteiger partial charge in [-0.05, 0) is 61.2 Å².